The van der Waals surface area contributed by atoms with Gasteiger partial charge in [0.05, 0.1) is 22.8 Å². The van der Waals surface area contributed by atoms with Crippen molar-refractivity contribution in [2.75, 3.05) is 6.54 Å². The number of benzene rings is 2. The Morgan fingerprint density at radius 2 is 2.00 bits per heavy atom. The minimum Gasteiger partial charge on any atom is -0.340 e. The fourth-order valence-corrected chi connectivity index (χ4v) is 3.96. The summed E-state index contributed by atoms with van der Waals surface area (Å²) in [5, 5.41) is 11.2. The van der Waals surface area contributed by atoms with E-state index in [2.05, 4.69) is 39.6 Å². The molecule has 8 heteroatoms. The van der Waals surface area contributed by atoms with E-state index in [0.717, 1.165) is 48.4 Å². The number of tetrazole rings is 1. The summed E-state index contributed by atoms with van der Waals surface area (Å²) in [6, 6.07) is 13.5. The molecule has 0 spiro atoms. The summed E-state index contributed by atoms with van der Waals surface area (Å²) in [6.07, 6.45) is 4.53. The molecule has 1 aliphatic rings. The molecule has 0 radical (unpaired) electrons. The summed E-state index contributed by atoms with van der Waals surface area (Å²) in [4.78, 5) is 23.4. The van der Waals surface area contributed by atoms with Gasteiger partial charge in [-0.15, -0.1) is 5.10 Å². The summed E-state index contributed by atoms with van der Waals surface area (Å²) >= 11 is 0. The first kappa shape index (κ1) is 17.5. The molecule has 5 rings (SSSR count). The van der Waals surface area contributed by atoms with Gasteiger partial charge >= 0.3 is 0 Å². The number of piperidine rings is 1. The van der Waals surface area contributed by atoms with E-state index >= 15 is 0 Å². The summed E-state index contributed by atoms with van der Waals surface area (Å²) in [5.41, 5.74) is 4.61. The lowest BCUT2D eigenvalue weighted by atomic mass is 10.00. The zero-order valence-electron chi connectivity index (χ0n) is 16.1. The second kappa shape index (κ2) is 7.12. The van der Waals surface area contributed by atoms with Gasteiger partial charge < -0.3 is 9.88 Å². The van der Waals surface area contributed by atoms with Gasteiger partial charge in [0.25, 0.3) is 5.91 Å². The Morgan fingerprint density at radius 3 is 2.79 bits per heavy atom. The molecule has 1 atom stereocenters. The van der Waals surface area contributed by atoms with Crippen molar-refractivity contribution in [3.8, 4) is 5.69 Å². The number of amides is 1. The highest BCUT2D eigenvalue weighted by molar-refractivity contribution is 5.94. The Kier molecular flexibility index (Phi) is 4.31. The number of hydrogen-bond acceptors (Lipinski definition) is 5. The molecule has 0 bridgehead atoms. The lowest BCUT2D eigenvalue weighted by molar-refractivity contribution is 0.0601. The summed E-state index contributed by atoms with van der Waals surface area (Å²) in [7, 11) is 0. The largest absolute Gasteiger partial charge is 0.340 e. The second-order valence-electron chi connectivity index (χ2n) is 7.45. The van der Waals surface area contributed by atoms with E-state index in [-0.39, 0.29) is 11.9 Å². The average molecular weight is 387 g/mol. The number of fused-ring (bicyclic) bond motifs is 1. The first-order chi connectivity index (χ1) is 14.2. The van der Waals surface area contributed by atoms with Crippen molar-refractivity contribution in [3.05, 3.63) is 65.7 Å². The van der Waals surface area contributed by atoms with E-state index in [0.29, 0.717) is 5.56 Å². The molecule has 4 aromatic rings. The number of carbonyl (C=O) groups excluding carboxylic acids is 1. The lowest BCUT2D eigenvalue weighted by Crippen LogP contribution is -2.39. The zero-order chi connectivity index (χ0) is 19.8. The second-order valence-corrected chi connectivity index (χ2v) is 7.45. The molecule has 1 fully saturated rings. The fraction of sp³-hybridized carbons (Fsp3) is 0.286. The van der Waals surface area contributed by atoms with Gasteiger partial charge in [0.15, 0.2) is 0 Å². The topological polar surface area (TPSA) is 92.6 Å². The van der Waals surface area contributed by atoms with Crippen molar-refractivity contribution in [1.29, 1.82) is 0 Å². The molecule has 29 heavy (non-hydrogen) atoms. The van der Waals surface area contributed by atoms with Crippen LogP contribution in [0.25, 0.3) is 16.7 Å². The van der Waals surface area contributed by atoms with Crippen LogP contribution in [0.1, 0.15) is 47.1 Å². The van der Waals surface area contributed by atoms with Crippen LogP contribution in [0.5, 0.6) is 0 Å². The SMILES string of the molecule is Cc1ccc2nc([C@H]3CCCCN3C(=O)c3ccc(-n4cnnn4)cc3)[nH]c2c1. The molecule has 1 amide bonds. The van der Waals surface area contributed by atoms with Crippen LogP contribution in [0.3, 0.4) is 0 Å². The summed E-state index contributed by atoms with van der Waals surface area (Å²) in [6.45, 7) is 2.80. The maximum Gasteiger partial charge on any atom is 0.254 e. The minimum atomic E-state index is -0.0388. The lowest BCUT2D eigenvalue weighted by Gasteiger charge is -2.34. The summed E-state index contributed by atoms with van der Waals surface area (Å²) in [5.74, 6) is 0.888. The Bertz CT molecular complexity index is 1150. The predicted molar refractivity (Wildman–Crippen MR) is 108 cm³/mol. The van der Waals surface area contributed by atoms with Gasteiger partial charge in [-0.3, -0.25) is 4.79 Å². The van der Waals surface area contributed by atoms with Crippen molar-refractivity contribution in [3.63, 3.8) is 0 Å². The third-order valence-electron chi connectivity index (χ3n) is 5.46. The number of likely N-dealkylation sites (tertiary alicyclic amines) is 1. The van der Waals surface area contributed by atoms with Crippen LogP contribution in [0.15, 0.2) is 48.8 Å². The van der Waals surface area contributed by atoms with E-state index in [1.54, 1.807) is 4.68 Å². The number of nitrogens with one attached hydrogen (secondary N) is 1. The van der Waals surface area contributed by atoms with Crippen molar-refractivity contribution in [1.82, 2.24) is 35.1 Å². The van der Waals surface area contributed by atoms with Gasteiger partial charge in [0.2, 0.25) is 0 Å². The molecule has 1 saturated heterocycles. The van der Waals surface area contributed by atoms with Gasteiger partial charge in [0, 0.05) is 12.1 Å². The van der Waals surface area contributed by atoms with Crippen LogP contribution < -0.4 is 0 Å². The Labute approximate surface area is 167 Å². The number of aryl methyl sites for hydroxylation is 1. The molecule has 1 aliphatic heterocycles. The third-order valence-corrected chi connectivity index (χ3v) is 5.46. The normalized spacial score (nSPS) is 17.0. The minimum absolute atomic E-state index is 0.0228. The van der Waals surface area contributed by atoms with Crippen LogP contribution >= 0.6 is 0 Å². The summed E-state index contributed by atoms with van der Waals surface area (Å²) < 4.78 is 1.56. The van der Waals surface area contributed by atoms with Gasteiger partial charge in [0.1, 0.15) is 12.2 Å². The Morgan fingerprint density at radius 1 is 1.14 bits per heavy atom. The monoisotopic (exact) mass is 387 g/mol. The maximum absolute atomic E-state index is 13.3. The molecular formula is C21H21N7O. The van der Waals surface area contributed by atoms with Crippen LogP contribution in [-0.2, 0) is 0 Å². The zero-order valence-corrected chi connectivity index (χ0v) is 16.1. The number of aromatic nitrogens is 6. The molecular weight excluding hydrogens is 366 g/mol. The Balaban J connectivity index is 1.43. The van der Waals surface area contributed by atoms with Crippen LogP contribution in [0.4, 0.5) is 0 Å². The number of hydrogen-bond donors (Lipinski definition) is 1. The molecule has 0 aliphatic carbocycles. The van der Waals surface area contributed by atoms with E-state index in [9.17, 15) is 4.79 Å². The highest BCUT2D eigenvalue weighted by atomic mass is 16.2. The molecule has 1 N–H and O–H groups in total. The van der Waals surface area contributed by atoms with Crippen molar-refractivity contribution >= 4 is 16.9 Å². The standard InChI is InChI=1S/C21H21N7O/c1-14-5-10-17-18(12-14)24-20(23-17)19-4-2-3-11-27(19)21(29)15-6-8-16(9-7-15)28-13-22-25-26-28/h5-10,12-13,19H,2-4,11H2,1H3,(H,23,24)/t19-/m1/s1. The van der Waals surface area contributed by atoms with Crippen molar-refractivity contribution in [2.24, 2.45) is 0 Å². The molecule has 3 heterocycles. The van der Waals surface area contributed by atoms with Crippen molar-refractivity contribution in [2.45, 2.75) is 32.2 Å². The van der Waals surface area contributed by atoms with E-state index in [1.165, 1.54) is 11.9 Å². The van der Waals surface area contributed by atoms with E-state index in [4.69, 9.17) is 4.98 Å². The first-order valence-electron chi connectivity index (χ1n) is 9.80. The van der Waals surface area contributed by atoms with Crippen LogP contribution in [0, 0.1) is 6.92 Å². The molecule has 146 valence electrons. The van der Waals surface area contributed by atoms with E-state index in [1.807, 2.05) is 35.2 Å². The molecule has 2 aromatic carbocycles. The smallest absolute Gasteiger partial charge is 0.254 e. The number of carbonyl (C=O) groups is 1. The van der Waals surface area contributed by atoms with Gasteiger partial charge in [-0.05, 0) is 78.6 Å². The first-order valence-corrected chi connectivity index (χ1v) is 9.80. The van der Waals surface area contributed by atoms with Gasteiger partial charge in [-0.2, -0.15) is 0 Å². The number of imidazole rings is 1. The van der Waals surface area contributed by atoms with Gasteiger partial charge in [-0.25, -0.2) is 9.67 Å². The molecule has 0 unspecified atom stereocenters. The molecule has 2 aromatic heterocycles. The number of aromatic amines is 1. The van der Waals surface area contributed by atoms with Gasteiger partial charge in [-0.1, -0.05) is 6.07 Å². The maximum atomic E-state index is 13.3. The third kappa shape index (κ3) is 3.26. The van der Waals surface area contributed by atoms with Crippen molar-refractivity contribution < 1.29 is 4.79 Å². The Hall–Kier alpha value is -3.55. The number of nitrogens with zero attached hydrogens (tertiary/aromatic N) is 6. The quantitative estimate of drug-likeness (QED) is 0.583. The average Bonchev–Trinajstić information content (AvgIpc) is 3.43. The number of rotatable bonds is 3. The molecule has 0 saturated carbocycles. The highest BCUT2D eigenvalue weighted by Gasteiger charge is 2.30. The fourth-order valence-electron chi connectivity index (χ4n) is 3.96. The highest BCUT2D eigenvalue weighted by Crippen LogP contribution is 2.32. The van der Waals surface area contributed by atoms with Crippen LogP contribution in [-0.4, -0.2) is 47.5 Å². The number of H-pyrrole nitrogens is 1. The predicted octanol–water partition coefficient (Wildman–Crippen LogP) is 3.21. The molecule has 8 nitrogen and oxygen atoms in total. The van der Waals surface area contributed by atoms with E-state index < -0.39 is 0 Å². The van der Waals surface area contributed by atoms with Crippen LogP contribution in [0.2, 0.25) is 0 Å².